The van der Waals surface area contributed by atoms with Crippen molar-refractivity contribution in [3.05, 3.63) is 48.0 Å². The Morgan fingerprint density at radius 3 is 2.64 bits per heavy atom. The number of aryl methyl sites for hydroxylation is 1. The second-order valence-electron chi connectivity index (χ2n) is 6.49. The molecule has 6 nitrogen and oxygen atoms in total. The zero-order chi connectivity index (χ0) is 17.6. The van der Waals surface area contributed by atoms with Crippen molar-refractivity contribution < 1.29 is 9.53 Å². The summed E-state index contributed by atoms with van der Waals surface area (Å²) in [5, 5.41) is 3.02. The lowest BCUT2D eigenvalue weighted by molar-refractivity contribution is -0.122. The molecule has 1 saturated heterocycles. The molecule has 0 aliphatic carbocycles. The topological polar surface area (TPSA) is 59.4 Å². The highest BCUT2D eigenvalue weighted by molar-refractivity contribution is 5.76. The van der Waals surface area contributed by atoms with Crippen molar-refractivity contribution in [1.29, 1.82) is 0 Å². The van der Waals surface area contributed by atoms with Gasteiger partial charge in [0.05, 0.1) is 13.2 Å². The fourth-order valence-corrected chi connectivity index (χ4v) is 3.11. The molecule has 1 fully saturated rings. The van der Waals surface area contributed by atoms with E-state index >= 15 is 0 Å². The average molecular weight is 342 g/mol. The Bertz CT molecular complexity index is 690. The first-order valence-corrected chi connectivity index (χ1v) is 8.81. The smallest absolute Gasteiger partial charge is 0.221 e. The van der Waals surface area contributed by atoms with E-state index < -0.39 is 0 Å². The number of ether oxygens (including phenoxy) is 1. The number of aromatic nitrogens is 2. The predicted molar refractivity (Wildman–Crippen MR) is 96.6 cm³/mol. The van der Waals surface area contributed by atoms with E-state index in [9.17, 15) is 4.79 Å². The number of hydrogen-bond acceptors (Lipinski definition) is 4. The molecule has 0 spiro atoms. The predicted octanol–water partition coefficient (Wildman–Crippen LogP) is 1.91. The van der Waals surface area contributed by atoms with Crippen molar-refractivity contribution in [3.63, 3.8) is 0 Å². The van der Waals surface area contributed by atoms with Crippen LogP contribution in [0, 0.1) is 6.92 Å². The van der Waals surface area contributed by atoms with Gasteiger partial charge in [0, 0.05) is 50.2 Å². The molecule has 0 saturated carbocycles. The number of hydrogen-bond donors (Lipinski definition) is 1. The summed E-state index contributed by atoms with van der Waals surface area (Å²) in [4.78, 5) is 18.7. The molecule has 134 valence electrons. The molecular weight excluding hydrogens is 316 g/mol. The van der Waals surface area contributed by atoms with Crippen molar-refractivity contribution in [2.45, 2.75) is 32.9 Å². The van der Waals surface area contributed by atoms with Crippen LogP contribution in [0.15, 0.2) is 36.7 Å². The van der Waals surface area contributed by atoms with E-state index in [0.29, 0.717) is 13.0 Å². The van der Waals surface area contributed by atoms with Crippen LogP contribution in [0.5, 0.6) is 0 Å². The van der Waals surface area contributed by atoms with Crippen LogP contribution in [-0.4, -0.2) is 52.7 Å². The maximum Gasteiger partial charge on any atom is 0.221 e. The maximum absolute atomic E-state index is 12.2. The van der Waals surface area contributed by atoms with Crippen LogP contribution in [0.3, 0.4) is 0 Å². The number of rotatable bonds is 6. The van der Waals surface area contributed by atoms with Gasteiger partial charge in [0.1, 0.15) is 5.82 Å². The Kier molecular flexibility index (Phi) is 5.83. The molecule has 1 aliphatic heterocycles. The normalized spacial score (nSPS) is 16.6. The highest BCUT2D eigenvalue weighted by atomic mass is 16.5. The van der Waals surface area contributed by atoms with Crippen molar-refractivity contribution in [1.82, 2.24) is 19.8 Å². The van der Waals surface area contributed by atoms with Gasteiger partial charge in [0.15, 0.2) is 0 Å². The van der Waals surface area contributed by atoms with Crippen LogP contribution in [0.2, 0.25) is 0 Å². The van der Waals surface area contributed by atoms with E-state index in [1.54, 1.807) is 6.20 Å². The molecule has 2 aromatic rings. The van der Waals surface area contributed by atoms with E-state index in [0.717, 1.165) is 43.4 Å². The fourth-order valence-electron chi connectivity index (χ4n) is 3.11. The third-order valence-corrected chi connectivity index (χ3v) is 4.68. The summed E-state index contributed by atoms with van der Waals surface area (Å²) in [5.41, 5.74) is 2.17. The van der Waals surface area contributed by atoms with Gasteiger partial charge in [-0.2, -0.15) is 0 Å². The summed E-state index contributed by atoms with van der Waals surface area (Å²) < 4.78 is 7.39. The van der Waals surface area contributed by atoms with Crippen LogP contribution >= 0.6 is 0 Å². The lowest BCUT2D eigenvalue weighted by Gasteiger charge is -2.31. The minimum Gasteiger partial charge on any atom is -0.379 e. The Hall–Kier alpha value is -2.18. The lowest BCUT2D eigenvalue weighted by atomic mass is 10.1. The average Bonchev–Trinajstić information content (AvgIpc) is 3.07. The zero-order valence-corrected chi connectivity index (χ0v) is 14.9. The van der Waals surface area contributed by atoms with Gasteiger partial charge < -0.3 is 14.6 Å². The number of nitrogens with one attached hydrogen (secondary N) is 1. The van der Waals surface area contributed by atoms with Gasteiger partial charge in [-0.25, -0.2) is 4.98 Å². The zero-order valence-electron chi connectivity index (χ0n) is 14.9. The number of amides is 1. The number of imidazole rings is 1. The quantitative estimate of drug-likeness (QED) is 0.871. The molecular formula is C19H26N4O2. The molecule has 1 aromatic carbocycles. The van der Waals surface area contributed by atoms with Crippen LogP contribution in [0.25, 0.3) is 5.69 Å². The first kappa shape index (κ1) is 17.6. The van der Waals surface area contributed by atoms with Crippen LogP contribution < -0.4 is 5.32 Å². The molecule has 2 heterocycles. The van der Waals surface area contributed by atoms with Gasteiger partial charge in [0.25, 0.3) is 0 Å². The third-order valence-electron chi connectivity index (χ3n) is 4.68. The Balaban J connectivity index is 1.48. The first-order chi connectivity index (χ1) is 12.1. The summed E-state index contributed by atoms with van der Waals surface area (Å²) in [6.07, 6.45) is 4.25. The largest absolute Gasteiger partial charge is 0.379 e. The first-order valence-electron chi connectivity index (χ1n) is 8.81. The summed E-state index contributed by atoms with van der Waals surface area (Å²) in [6.45, 7) is 7.96. The second-order valence-corrected chi connectivity index (χ2v) is 6.49. The van der Waals surface area contributed by atoms with Crippen LogP contribution in [0.1, 0.15) is 24.7 Å². The van der Waals surface area contributed by atoms with Crippen molar-refractivity contribution in [2.24, 2.45) is 0 Å². The number of carbonyl (C=O) groups excluding carboxylic acids is 1. The summed E-state index contributed by atoms with van der Waals surface area (Å²) in [6, 6.07) is 8.43. The highest BCUT2D eigenvalue weighted by Crippen LogP contribution is 2.12. The number of benzene rings is 1. The minimum atomic E-state index is 0.0912. The van der Waals surface area contributed by atoms with Gasteiger partial charge in [-0.1, -0.05) is 12.1 Å². The van der Waals surface area contributed by atoms with Crippen molar-refractivity contribution >= 4 is 5.91 Å². The third kappa shape index (κ3) is 4.67. The maximum atomic E-state index is 12.2. The lowest BCUT2D eigenvalue weighted by Crippen LogP contribution is -2.44. The molecule has 25 heavy (non-hydrogen) atoms. The van der Waals surface area contributed by atoms with E-state index in [-0.39, 0.29) is 11.9 Å². The van der Waals surface area contributed by atoms with Gasteiger partial charge in [-0.15, -0.1) is 0 Å². The minimum absolute atomic E-state index is 0.0912. The Morgan fingerprint density at radius 2 is 2.00 bits per heavy atom. The van der Waals surface area contributed by atoms with Crippen LogP contribution in [0.4, 0.5) is 0 Å². The van der Waals surface area contributed by atoms with Gasteiger partial charge in [-0.05, 0) is 31.5 Å². The van der Waals surface area contributed by atoms with E-state index in [1.807, 2.05) is 42.0 Å². The van der Waals surface area contributed by atoms with Crippen molar-refractivity contribution in [3.8, 4) is 5.69 Å². The Morgan fingerprint density at radius 1 is 1.28 bits per heavy atom. The molecule has 0 unspecified atom stereocenters. The fraction of sp³-hybridized carbons (Fsp3) is 0.474. The van der Waals surface area contributed by atoms with E-state index in [2.05, 4.69) is 22.1 Å². The molecule has 3 rings (SSSR count). The number of carbonyl (C=O) groups is 1. The van der Waals surface area contributed by atoms with Gasteiger partial charge in [0.2, 0.25) is 5.91 Å². The molecule has 1 amide bonds. The molecule has 6 heteroatoms. The monoisotopic (exact) mass is 342 g/mol. The number of nitrogens with zero attached hydrogens (tertiary/aromatic N) is 3. The number of morpholine rings is 1. The van der Waals surface area contributed by atoms with Crippen LogP contribution in [-0.2, 0) is 16.1 Å². The Labute approximate surface area is 148 Å². The van der Waals surface area contributed by atoms with Gasteiger partial charge >= 0.3 is 0 Å². The summed E-state index contributed by atoms with van der Waals surface area (Å²) in [7, 11) is 0. The molecule has 1 atom stereocenters. The molecule has 1 aromatic heterocycles. The molecule has 1 aliphatic rings. The molecule has 1 N–H and O–H groups in total. The molecule has 0 radical (unpaired) electrons. The van der Waals surface area contributed by atoms with Crippen molar-refractivity contribution in [2.75, 3.05) is 26.3 Å². The van der Waals surface area contributed by atoms with Gasteiger partial charge in [-0.3, -0.25) is 9.69 Å². The van der Waals surface area contributed by atoms with E-state index in [1.165, 1.54) is 0 Å². The standard InChI is InChI=1S/C19H26N4O2/c1-15(22-9-11-25-12-10-22)13-19(24)21-14-17-3-5-18(6-4-17)23-8-7-20-16(23)2/h3-8,15H,9-14H2,1-2H3,(H,21,24)/t15-/m0/s1. The highest BCUT2D eigenvalue weighted by Gasteiger charge is 2.19. The SMILES string of the molecule is Cc1nccn1-c1ccc(CNC(=O)C[C@H](C)N2CCOCC2)cc1. The summed E-state index contributed by atoms with van der Waals surface area (Å²) >= 11 is 0. The van der Waals surface area contributed by atoms with E-state index in [4.69, 9.17) is 4.74 Å². The molecule has 0 bridgehead atoms. The second kappa shape index (κ2) is 8.27. The summed E-state index contributed by atoms with van der Waals surface area (Å²) in [5.74, 6) is 1.05.